The summed E-state index contributed by atoms with van der Waals surface area (Å²) in [6.07, 6.45) is 0. The van der Waals surface area contributed by atoms with Crippen LogP contribution in [0, 0.1) is 5.82 Å². The van der Waals surface area contributed by atoms with Gasteiger partial charge in [0.2, 0.25) is 0 Å². The lowest BCUT2D eigenvalue weighted by Crippen LogP contribution is -2.48. The highest BCUT2D eigenvalue weighted by molar-refractivity contribution is 5.94. The summed E-state index contributed by atoms with van der Waals surface area (Å²) in [5.41, 5.74) is 4.96. The van der Waals surface area contributed by atoms with Crippen LogP contribution in [0.15, 0.2) is 42.5 Å². The van der Waals surface area contributed by atoms with Gasteiger partial charge < -0.3 is 25.4 Å². The molecule has 0 aliphatic rings. The Balaban J connectivity index is 1.75. The van der Waals surface area contributed by atoms with Crippen molar-refractivity contribution in [3.05, 3.63) is 48.3 Å². The van der Waals surface area contributed by atoms with Gasteiger partial charge >= 0.3 is 12.1 Å². The van der Waals surface area contributed by atoms with Gasteiger partial charge in [0, 0.05) is 11.8 Å². The number of hydrogen-bond acceptors (Lipinski definition) is 5. The molecule has 0 atom stereocenters. The number of ether oxygens (including phenoxy) is 2. The first-order chi connectivity index (χ1) is 13.9. The summed E-state index contributed by atoms with van der Waals surface area (Å²) in [7, 11) is 2.92. The molecule has 0 aromatic heterocycles. The van der Waals surface area contributed by atoms with Crippen LogP contribution in [0.1, 0.15) is 0 Å². The van der Waals surface area contributed by atoms with E-state index in [4.69, 9.17) is 9.47 Å². The first-order valence-corrected chi connectivity index (χ1v) is 8.29. The van der Waals surface area contributed by atoms with E-state index < -0.39 is 30.3 Å². The highest BCUT2D eigenvalue weighted by Crippen LogP contribution is 2.28. The van der Waals surface area contributed by atoms with Gasteiger partial charge in [-0.2, -0.15) is 0 Å². The number of hydrazine groups is 1. The van der Waals surface area contributed by atoms with Gasteiger partial charge in [0.25, 0.3) is 5.91 Å². The number of carbonyl (C=O) groups excluding carboxylic acids is 3. The molecule has 0 aliphatic carbocycles. The lowest BCUT2D eigenvalue weighted by molar-refractivity contribution is -0.120. The Morgan fingerprint density at radius 2 is 1.62 bits per heavy atom. The third kappa shape index (κ3) is 6.90. The van der Waals surface area contributed by atoms with Gasteiger partial charge in [-0.1, -0.05) is 0 Å². The van der Waals surface area contributed by atoms with E-state index in [1.54, 1.807) is 18.2 Å². The number of hydrogen-bond donors (Lipinski definition) is 5. The molecule has 0 heterocycles. The number of benzene rings is 2. The lowest BCUT2D eigenvalue weighted by Gasteiger charge is -2.13. The van der Waals surface area contributed by atoms with Gasteiger partial charge in [0.15, 0.2) is 0 Å². The van der Waals surface area contributed by atoms with Crippen molar-refractivity contribution in [2.45, 2.75) is 0 Å². The highest BCUT2D eigenvalue weighted by atomic mass is 19.1. The number of carbonyl (C=O) groups is 3. The van der Waals surface area contributed by atoms with E-state index in [0.29, 0.717) is 22.9 Å². The van der Waals surface area contributed by atoms with Crippen LogP contribution < -0.4 is 36.3 Å². The molecule has 5 amide bonds. The molecule has 11 heteroatoms. The van der Waals surface area contributed by atoms with Crippen molar-refractivity contribution in [2.75, 3.05) is 31.4 Å². The third-order valence-corrected chi connectivity index (χ3v) is 3.48. The van der Waals surface area contributed by atoms with Gasteiger partial charge in [0.05, 0.1) is 19.9 Å². The zero-order valence-electron chi connectivity index (χ0n) is 15.7. The molecule has 0 unspecified atom stereocenters. The van der Waals surface area contributed by atoms with Crippen LogP contribution in [-0.2, 0) is 4.79 Å². The molecule has 0 bridgehead atoms. The molecule has 0 aliphatic heterocycles. The number of anilines is 2. The van der Waals surface area contributed by atoms with Crippen molar-refractivity contribution in [1.82, 2.24) is 16.2 Å². The van der Waals surface area contributed by atoms with Gasteiger partial charge in [0.1, 0.15) is 23.9 Å². The summed E-state index contributed by atoms with van der Waals surface area (Å²) in [4.78, 5) is 35.4. The second kappa shape index (κ2) is 10.3. The lowest BCUT2D eigenvalue weighted by atomic mass is 10.2. The van der Waals surface area contributed by atoms with E-state index in [-0.39, 0.29) is 0 Å². The molecule has 2 rings (SSSR count). The minimum Gasteiger partial charge on any atom is -0.497 e. The SMILES string of the molecule is COc1ccc(OC)c(NC(=O)NNC(=O)CNC(=O)Nc2ccc(F)cc2)c1. The number of methoxy groups -OCH3 is 2. The van der Waals surface area contributed by atoms with Crippen LogP contribution in [0.2, 0.25) is 0 Å². The maximum Gasteiger partial charge on any atom is 0.338 e. The van der Waals surface area contributed by atoms with E-state index in [9.17, 15) is 18.8 Å². The molecule has 0 spiro atoms. The summed E-state index contributed by atoms with van der Waals surface area (Å²) in [5, 5.41) is 7.21. The molecule has 2 aromatic carbocycles. The maximum absolute atomic E-state index is 12.8. The predicted octanol–water partition coefficient (Wildman–Crippen LogP) is 1.82. The fourth-order valence-corrected chi connectivity index (χ4v) is 2.11. The molecular formula is C18H20FN5O5. The third-order valence-electron chi connectivity index (χ3n) is 3.48. The predicted molar refractivity (Wildman–Crippen MR) is 103 cm³/mol. The zero-order chi connectivity index (χ0) is 21.2. The summed E-state index contributed by atoms with van der Waals surface area (Å²) < 4.78 is 23.0. The Morgan fingerprint density at radius 1 is 0.897 bits per heavy atom. The summed E-state index contributed by atoms with van der Waals surface area (Å²) in [5.74, 6) is -0.217. The Bertz CT molecular complexity index is 875. The Morgan fingerprint density at radius 3 is 2.28 bits per heavy atom. The van der Waals surface area contributed by atoms with E-state index >= 15 is 0 Å². The minimum absolute atomic E-state index is 0.329. The van der Waals surface area contributed by atoms with Crippen molar-refractivity contribution < 1.29 is 28.2 Å². The summed E-state index contributed by atoms with van der Waals surface area (Å²) in [6, 6.07) is 8.51. The molecule has 0 saturated carbocycles. The second-order valence-corrected chi connectivity index (χ2v) is 5.51. The average molecular weight is 405 g/mol. The molecule has 0 fully saturated rings. The number of halogens is 1. The van der Waals surface area contributed by atoms with Crippen molar-refractivity contribution in [3.8, 4) is 11.5 Å². The highest BCUT2D eigenvalue weighted by Gasteiger charge is 2.11. The summed E-state index contributed by atoms with van der Waals surface area (Å²) in [6.45, 7) is -0.407. The molecule has 5 N–H and O–H groups in total. The van der Waals surface area contributed by atoms with Gasteiger partial charge in [-0.15, -0.1) is 0 Å². The molecular weight excluding hydrogens is 385 g/mol. The molecule has 10 nitrogen and oxygen atoms in total. The molecule has 2 aromatic rings. The first kappa shape index (κ1) is 21.3. The Kier molecular flexibility index (Phi) is 7.59. The Labute approximate surface area is 165 Å². The summed E-state index contributed by atoms with van der Waals surface area (Å²) >= 11 is 0. The normalized spacial score (nSPS) is 9.76. The van der Waals surface area contributed by atoms with E-state index in [0.717, 1.165) is 0 Å². The number of amides is 5. The number of rotatable bonds is 6. The van der Waals surface area contributed by atoms with Crippen molar-refractivity contribution in [1.29, 1.82) is 0 Å². The van der Waals surface area contributed by atoms with E-state index in [1.165, 1.54) is 38.5 Å². The fourth-order valence-electron chi connectivity index (χ4n) is 2.11. The standard InChI is InChI=1S/C18H20FN5O5/c1-28-13-7-8-15(29-2)14(9-13)22-18(27)24-23-16(25)10-20-17(26)21-12-5-3-11(19)4-6-12/h3-9H,10H2,1-2H3,(H,23,25)(H2,20,21,26)(H2,22,24,27). The van der Waals surface area contributed by atoms with E-state index in [1.807, 2.05) is 0 Å². The van der Waals surface area contributed by atoms with Crippen LogP contribution in [-0.4, -0.2) is 38.7 Å². The fraction of sp³-hybridized carbons (Fsp3) is 0.167. The van der Waals surface area contributed by atoms with Crippen LogP contribution in [0.4, 0.5) is 25.4 Å². The van der Waals surface area contributed by atoms with Crippen LogP contribution in [0.3, 0.4) is 0 Å². The van der Waals surface area contributed by atoms with E-state index in [2.05, 4.69) is 26.8 Å². The molecule has 29 heavy (non-hydrogen) atoms. The second-order valence-electron chi connectivity index (χ2n) is 5.51. The largest absolute Gasteiger partial charge is 0.497 e. The Hall–Kier alpha value is -4.02. The number of nitrogens with one attached hydrogen (secondary N) is 5. The van der Waals surface area contributed by atoms with Crippen LogP contribution in [0.25, 0.3) is 0 Å². The average Bonchev–Trinajstić information content (AvgIpc) is 2.72. The molecule has 0 saturated heterocycles. The number of urea groups is 2. The zero-order valence-corrected chi connectivity index (χ0v) is 15.7. The maximum atomic E-state index is 12.8. The minimum atomic E-state index is -0.735. The van der Waals surface area contributed by atoms with Crippen molar-refractivity contribution >= 4 is 29.3 Å². The monoisotopic (exact) mass is 405 g/mol. The van der Waals surface area contributed by atoms with Crippen molar-refractivity contribution in [2.24, 2.45) is 0 Å². The smallest absolute Gasteiger partial charge is 0.338 e. The van der Waals surface area contributed by atoms with Gasteiger partial charge in [-0.05, 0) is 36.4 Å². The first-order valence-electron chi connectivity index (χ1n) is 8.29. The molecule has 154 valence electrons. The van der Waals surface area contributed by atoms with Gasteiger partial charge in [-0.25, -0.2) is 19.4 Å². The topological polar surface area (TPSA) is 130 Å². The quantitative estimate of drug-likeness (QED) is 0.468. The van der Waals surface area contributed by atoms with Crippen molar-refractivity contribution in [3.63, 3.8) is 0 Å². The van der Waals surface area contributed by atoms with Gasteiger partial charge in [-0.3, -0.25) is 10.2 Å². The van der Waals surface area contributed by atoms with Crippen LogP contribution in [0.5, 0.6) is 11.5 Å². The molecule has 0 radical (unpaired) electrons. The van der Waals surface area contributed by atoms with Crippen LogP contribution >= 0.6 is 0 Å².